The first-order chi connectivity index (χ1) is 9.85. The number of rotatable bonds is 3. The van der Waals surface area contributed by atoms with Crippen LogP contribution in [0.4, 0.5) is 0 Å². The van der Waals surface area contributed by atoms with E-state index in [9.17, 15) is 15.3 Å². The summed E-state index contributed by atoms with van der Waals surface area (Å²) in [7, 11) is 0. The van der Waals surface area contributed by atoms with Gasteiger partial charge in [0.1, 0.15) is 24.6 Å². The molecule has 5 unspecified atom stereocenters. The molecule has 10 N–H and O–H groups in total. The summed E-state index contributed by atoms with van der Waals surface area (Å²) in [6, 6.07) is -2.17. The Hall–Kier alpha value is -0.780. The Balaban J connectivity index is 2.08. The van der Waals surface area contributed by atoms with Crippen molar-refractivity contribution in [1.29, 1.82) is 0 Å². The monoisotopic (exact) mass is 305 g/mol. The third-order valence-electron chi connectivity index (χ3n) is 3.87. The fraction of sp³-hybridized carbons (Fsp3) is 0.833. The van der Waals surface area contributed by atoms with Crippen molar-refractivity contribution in [3.05, 3.63) is 11.8 Å². The summed E-state index contributed by atoms with van der Waals surface area (Å²) >= 11 is 0. The number of aliphatic hydroxyl groups is 4. The smallest absolute Gasteiger partial charge is 0.218 e. The van der Waals surface area contributed by atoms with Gasteiger partial charge in [0.2, 0.25) is 6.29 Å². The second-order valence-electron chi connectivity index (χ2n) is 5.49. The first kappa shape index (κ1) is 16.6. The van der Waals surface area contributed by atoms with Crippen molar-refractivity contribution in [2.75, 3.05) is 6.61 Å². The number of ether oxygens (including phenoxy) is 2. The predicted octanol–water partition coefficient (Wildman–Crippen LogP) is -3.93. The summed E-state index contributed by atoms with van der Waals surface area (Å²) in [5.41, 5.74) is 17.3. The average Bonchev–Trinajstić information content (AvgIpc) is 2.45. The highest BCUT2D eigenvalue weighted by Crippen LogP contribution is 2.25. The van der Waals surface area contributed by atoms with Crippen molar-refractivity contribution in [3.8, 4) is 0 Å². The molecule has 21 heavy (non-hydrogen) atoms. The molecule has 0 spiro atoms. The highest BCUT2D eigenvalue weighted by Gasteiger charge is 2.44. The molecule has 0 bridgehead atoms. The molecule has 1 fully saturated rings. The van der Waals surface area contributed by atoms with Crippen LogP contribution in [0.5, 0.6) is 0 Å². The van der Waals surface area contributed by atoms with Gasteiger partial charge in [-0.25, -0.2) is 0 Å². The van der Waals surface area contributed by atoms with Crippen molar-refractivity contribution in [2.24, 2.45) is 17.2 Å². The van der Waals surface area contributed by atoms with E-state index in [1.54, 1.807) is 0 Å². The zero-order valence-corrected chi connectivity index (χ0v) is 11.4. The maximum absolute atomic E-state index is 10.0. The molecule has 1 saturated carbocycles. The van der Waals surface area contributed by atoms with E-state index in [1.807, 2.05) is 0 Å². The largest absolute Gasteiger partial charge is 0.465 e. The lowest BCUT2D eigenvalue weighted by molar-refractivity contribution is -0.226. The van der Waals surface area contributed by atoms with Gasteiger partial charge in [-0.1, -0.05) is 0 Å². The Bertz CT molecular complexity index is 395. The van der Waals surface area contributed by atoms with Crippen LogP contribution in [0, 0.1) is 0 Å². The second kappa shape index (κ2) is 6.55. The average molecular weight is 305 g/mol. The Kier molecular flexibility index (Phi) is 5.17. The first-order valence-corrected chi connectivity index (χ1v) is 6.79. The molecule has 8 atom stereocenters. The van der Waals surface area contributed by atoms with E-state index in [4.69, 9.17) is 31.8 Å². The van der Waals surface area contributed by atoms with E-state index < -0.39 is 55.4 Å². The summed E-state index contributed by atoms with van der Waals surface area (Å²) in [6.45, 7) is -0.420. The summed E-state index contributed by atoms with van der Waals surface area (Å²) < 4.78 is 10.8. The standard InChI is InChI=1S/C12H23N3O6/c13-5-2-6(14)11(10(19)9(5)18)21-12-8(15)7(17)1-4(3-16)20-12/h1,5-12,16-19H,2-3,13-15H2/t5-,6?,7?,8?,9?,10?,11-,12-/m1/s1. The summed E-state index contributed by atoms with van der Waals surface area (Å²) in [5, 5.41) is 38.7. The van der Waals surface area contributed by atoms with Crippen LogP contribution in [0.25, 0.3) is 0 Å². The second-order valence-corrected chi connectivity index (χ2v) is 5.49. The molecule has 0 amide bonds. The molecular formula is C12H23N3O6. The summed E-state index contributed by atoms with van der Waals surface area (Å²) in [6.07, 6.45) is -4.02. The van der Waals surface area contributed by atoms with Crippen LogP contribution in [-0.2, 0) is 9.47 Å². The molecule has 0 aromatic rings. The minimum absolute atomic E-state index is 0.116. The van der Waals surface area contributed by atoms with Gasteiger partial charge in [0, 0.05) is 12.1 Å². The van der Waals surface area contributed by atoms with Crippen LogP contribution in [0.2, 0.25) is 0 Å². The molecule has 0 aromatic heterocycles. The molecule has 9 heteroatoms. The van der Waals surface area contributed by atoms with Gasteiger partial charge < -0.3 is 47.1 Å². The van der Waals surface area contributed by atoms with Crippen LogP contribution < -0.4 is 17.2 Å². The number of hydrogen-bond donors (Lipinski definition) is 7. The van der Waals surface area contributed by atoms with Crippen LogP contribution in [-0.4, -0.2) is 75.9 Å². The van der Waals surface area contributed by atoms with Gasteiger partial charge in [0.25, 0.3) is 0 Å². The molecule has 0 radical (unpaired) electrons. The van der Waals surface area contributed by atoms with Crippen molar-refractivity contribution in [1.82, 2.24) is 0 Å². The molecule has 122 valence electrons. The van der Waals surface area contributed by atoms with Crippen LogP contribution in [0.3, 0.4) is 0 Å². The molecule has 1 aliphatic carbocycles. The Morgan fingerprint density at radius 3 is 2.43 bits per heavy atom. The zero-order chi connectivity index (χ0) is 15.7. The van der Waals surface area contributed by atoms with Crippen molar-refractivity contribution in [3.63, 3.8) is 0 Å². The minimum atomic E-state index is -1.29. The van der Waals surface area contributed by atoms with Crippen LogP contribution >= 0.6 is 0 Å². The molecule has 0 saturated heterocycles. The van der Waals surface area contributed by atoms with E-state index in [1.165, 1.54) is 6.08 Å². The Morgan fingerprint density at radius 1 is 1.14 bits per heavy atom. The molecule has 0 aromatic carbocycles. The van der Waals surface area contributed by atoms with E-state index >= 15 is 0 Å². The highest BCUT2D eigenvalue weighted by molar-refractivity contribution is 5.07. The lowest BCUT2D eigenvalue weighted by Crippen LogP contribution is -2.64. The molecule has 2 aliphatic rings. The third-order valence-corrected chi connectivity index (χ3v) is 3.87. The van der Waals surface area contributed by atoms with Gasteiger partial charge in [-0.15, -0.1) is 0 Å². The van der Waals surface area contributed by atoms with E-state index in [0.717, 1.165) is 0 Å². The Morgan fingerprint density at radius 2 is 1.81 bits per heavy atom. The SMILES string of the molecule is NC1C(O)C=C(CO)O[C@@H]1O[C@@H]1C(N)C[C@@H](N)C(O)C1O. The van der Waals surface area contributed by atoms with E-state index in [2.05, 4.69) is 0 Å². The van der Waals surface area contributed by atoms with Gasteiger partial charge in [-0.3, -0.25) is 0 Å². The van der Waals surface area contributed by atoms with E-state index in [0.29, 0.717) is 0 Å². The quantitative estimate of drug-likeness (QED) is 0.274. The lowest BCUT2D eigenvalue weighted by atomic mass is 9.84. The number of aliphatic hydroxyl groups excluding tert-OH is 4. The molecule has 1 aliphatic heterocycles. The molecule has 9 nitrogen and oxygen atoms in total. The maximum atomic E-state index is 10.0. The topological polar surface area (TPSA) is 177 Å². The predicted molar refractivity (Wildman–Crippen MR) is 71.5 cm³/mol. The van der Waals surface area contributed by atoms with Gasteiger partial charge in [0.15, 0.2) is 0 Å². The van der Waals surface area contributed by atoms with Gasteiger partial charge in [-0.2, -0.15) is 0 Å². The molecular weight excluding hydrogens is 282 g/mol. The zero-order valence-electron chi connectivity index (χ0n) is 11.4. The van der Waals surface area contributed by atoms with Crippen LogP contribution in [0.1, 0.15) is 6.42 Å². The first-order valence-electron chi connectivity index (χ1n) is 6.79. The van der Waals surface area contributed by atoms with Crippen molar-refractivity contribution < 1.29 is 29.9 Å². The van der Waals surface area contributed by atoms with Crippen molar-refractivity contribution in [2.45, 2.75) is 55.3 Å². The lowest BCUT2D eigenvalue weighted by Gasteiger charge is -2.43. The number of hydrogen-bond acceptors (Lipinski definition) is 9. The molecule has 1 heterocycles. The fourth-order valence-electron chi connectivity index (χ4n) is 2.56. The van der Waals surface area contributed by atoms with Crippen molar-refractivity contribution >= 4 is 0 Å². The van der Waals surface area contributed by atoms with Gasteiger partial charge in [0.05, 0.1) is 18.2 Å². The van der Waals surface area contributed by atoms with Crippen LogP contribution in [0.15, 0.2) is 11.8 Å². The minimum Gasteiger partial charge on any atom is -0.465 e. The highest BCUT2D eigenvalue weighted by atomic mass is 16.7. The summed E-state index contributed by atoms with van der Waals surface area (Å²) in [4.78, 5) is 0. The van der Waals surface area contributed by atoms with E-state index in [-0.39, 0.29) is 12.2 Å². The summed E-state index contributed by atoms with van der Waals surface area (Å²) in [5.74, 6) is 0.116. The molecule has 2 rings (SSSR count). The third kappa shape index (κ3) is 3.35. The van der Waals surface area contributed by atoms with Gasteiger partial charge >= 0.3 is 0 Å². The number of nitrogens with two attached hydrogens (primary N) is 3. The maximum Gasteiger partial charge on any atom is 0.218 e. The van der Waals surface area contributed by atoms with Gasteiger partial charge in [-0.05, 0) is 12.5 Å². The fourth-order valence-corrected chi connectivity index (χ4v) is 2.56. The Labute approximate surface area is 121 Å². The normalized spacial score (nSPS) is 47.7.